The second kappa shape index (κ2) is 6.90. The third kappa shape index (κ3) is 4.07. The molecule has 100 valence electrons. The van der Waals surface area contributed by atoms with E-state index in [1.807, 2.05) is 13.2 Å². The molecule has 0 unspecified atom stereocenters. The first-order valence-electron chi connectivity index (χ1n) is 6.64. The predicted octanol–water partition coefficient (Wildman–Crippen LogP) is 2.48. The molecule has 0 spiro atoms. The van der Waals surface area contributed by atoms with E-state index in [9.17, 15) is 0 Å². The molecule has 0 radical (unpaired) electrons. The van der Waals surface area contributed by atoms with Crippen LogP contribution in [0.15, 0.2) is 48.7 Å². The molecule has 1 aromatic carbocycles. The maximum absolute atomic E-state index is 4.34. The van der Waals surface area contributed by atoms with E-state index in [2.05, 4.69) is 64.7 Å². The van der Waals surface area contributed by atoms with Gasteiger partial charge in [0.1, 0.15) is 0 Å². The van der Waals surface area contributed by atoms with E-state index in [0.717, 1.165) is 25.2 Å². The van der Waals surface area contributed by atoms with Crippen LogP contribution < -0.4 is 10.2 Å². The number of benzene rings is 1. The summed E-state index contributed by atoms with van der Waals surface area (Å²) in [5, 5.41) is 3.13. The van der Waals surface area contributed by atoms with Crippen molar-refractivity contribution in [1.29, 1.82) is 0 Å². The van der Waals surface area contributed by atoms with Crippen molar-refractivity contribution >= 4 is 5.69 Å². The van der Waals surface area contributed by atoms with Crippen molar-refractivity contribution in [2.45, 2.75) is 13.0 Å². The number of hydrogen-bond donors (Lipinski definition) is 1. The average molecular weight is 255 g/mol. The summed E-state index contributed by atoms with van der Waals surface area (Å²) < 4.78 is 0. The Balaban J connectivity index is 1.95. The van der Waals surface area contributed by atoms with Crippen molar-refractivity contribution in [1.82, 2.24) is 10.3 Å². The van der Waals surface area contributed by atoms with Gasteiger partial charge in [0, 0.05) is 32.0 Å². The summed E-state index contributed by atoms with van der Waals surface area (Å²) in [7, 11) is 4.06. The van der Waals surface area contributed by atoms with E-state index in [4.69, 9.17) is 0 Å². The normalized spacial score (nSPS) is 10.4. The van der Waals surface area contributed by atoms with Crippen LogP contribution in [0.1, 0.15) is 11.3 Å². The van der Waals surface area contributed by atoms with Crippen molar-refractivity contribution in [2.75, 3.05) is 25.5 Å². The van der Waals surface area contributed by atoms with E-state index in [1.54, 1.807) is 0 Å². The fourth-order valence-corrected chi connectivity index (χ4v) is 2.05. The van der Waals surface area contributed by atoms with E-state index in [1.165, 1.54) is 11.3 Å². The Bertz CT molecular complexity index is 496. The zero-order valence-electron chi connectivity index (χ0n) is 11.6. The summed E-state index contributed by atoms with van der Waals surface area (Å²) in [6, 6.07) is 14.8. The van der Waals surface area contributed by atoms with Gasteiger partial charge >= 0.3 is 0 Å². The molecule has 1 heterocycles. The number of rotatable bonds is 6. The molecular formula is C16H21N3. The first kappa shape index (κ1) is 13.6. The molecule has 0 saturated carbocycles. The topological polar surface area (TPSA) is 28.2 Å². The van der Waals surface area contributed by atoms with Crippen LogP contribution in [0.2, 0.25) is 0 Å². The van der Waals surface area contributed by atoms with Crippen LogP contribution in [-0.4, -0.2) is 25.6 Å². The van der Waals surface area contributed by atoms with Gasteiger partial charge in [0.2, 0.25) is 0 Å². The van der Waals surface area contributed by atoms with Crippen molar-refractivity contribution in [3.8, 4) is 0 Å². The first-order chi connectivity index (χ1) is 9.29. The maximum atomic E-state index is 4.34. The van der Waals surface area contributed by atoms with Gasteiger partial charge in [0.05, 0.1) is 5.69 Å². The van der Waals surface area contributed by atoms with Crippen LogP contribution in [0.5, 0.6) is 0 Å². The van der Waals surface area contributed by atoms with Gasteiger partial charge in [-0.3, -0.25) is 4.98 Å². The van der Waals surface area contributed by atoms with E-state index in [0.29, 0.717) is 0 Å². The highest BCUT2D eigenvalue weighted by molar-refractivity contribution is 5.45. The predicted molar refractivity (Wildman–Crippen MR) is 80.4 cm³/mol. The zero-order chi connectivity index (χ0) is 13.5. The number of nitrogens with one attached hydrogen (secondary N) is 1. The summed E-state index contributed by atoms with van der Waals surface area (Å²) in [4.78, 5) is 6.61. The third-order valence-electron chi connectivity index (χ3n) is 3.18. The van der Waals surface area contributed by atoms with Crippen LogP contribution in [0.3, 0.4) is 0 Å². The van der Waals surface area contributed by atoms with E-state index < -0.39 is 0 Å². The average Bonchev–Trinajstić information content (AvgIpc) is 2.46. The monoisotopic (exact) mass is 255 g/mol. The number of nitrogens with zero attached hydrogens (tertiary/aromatic N) is 2. The molecule has 0 fully saturated rings. The standard InChI is InChI=1S/C16H21N3/c1-17-13-15-12-16(8-10-18-15)19(2)11-9-14-6-4-3-5-7-14/h3-8,10,12,17H,9,11,13H2,1-2H3. The van der Waals surface area contributed by atoms with Crippen LogP contribution >= 0.6 is 0 Å². The molecule has 3 nitrogen and oxygen atoms in total. The maximum Gasteiger partial charge on any atom is 0.0562 e. The Kier molecular flexibility index (Phi) is 4.93. The number of likely N-dealkylation sites (N-methyl/N-ethyl adjacent to an activating group) is 1. The Hall–Kier alpha value is -1.87. The lowest BCUT2D eigenvalue weighted by Gasteiger charge is -2.19. The molecule has 3 heteroatoms. The highest BCUT2D eigenvalue weighted by Crippen LogP contribution is 2.13. The van der Waals surface area contributed by atoms with Crippen molar-refractivity contribution in [2.24, 2.45) is 0 Å². The minimum atomic E-state index is 0.806. The Labute approximate surface area is 115 Å². The molecule has 0 aliphatic carbocycles. The highest BCUT2D eigenvalue weighted by atomic mass is 15.1. The molecule has 2 aromatic rings. The van der Waals surface area contributed by atoms with Crippen LogP contribution in [0.4, 0.5) is 5.69 Å². The Morgan fingerprint density at radius 2 is 1.95 bits per heavy atom. The van der Waals surface area contributed by atoms with E-state index in [-0.39, 0.29) is 0 Å². The van der Waals surface area contributed by atoms with Crippen LogP contribution in [0.25, 0.3) is 0 Å². The van der Waals surface area contributed by atoms with Crippen molar-refractivity contribution in [3.63, 3.8) is 0 Å². The van der Waals surface area contributed by atoms with Gasteiger partial charge in [-0.1, -0.05) is 30.3 Å². The molecule has 1 aromatic heterocycles. The summed E-state index contributed by atoms with van der Waals surface area (Å²) in [6.07, 6.45) is 2.93. The van der Waals surface area contributed by atoms with Crippen molar-refractivity contribution in [3.05, 3.63) is 59.9 Å². The molecule has 0 bridgehead atoms. The molecular weight excluding hydrogens is 234 g/mol. The van der Waals surface area contributed by atoms with Gasteiger partial charge in [-0.05, 0) is 31.2 Å². The highest BCUT2D eigenvalue weighted by Gasteiger charge is 2.03. The summed E-state index contributed by atoms with van der Waals surface area (Å²) >= 11 is 0. The summed E-state index contributed by atoms with van der Waals surface area (Å²) in [5.74, 6) is 0. The zero-order valence-corrected chi connectivity index (χ0v) is 11.6. The molecule has 0 aliphatic heterocycles. The van der Waals surface area contributed by atoms with Gasteiger partial charge in [0.15, 0.2) is 0 Å². The lowest BCUT2D eigenvalue weighted by Crippen LogP contribution is -2.20. The first-order valence-corrected chi connectivity index (χ1v) is 6.64. The smallest absolute Gasteiger partial charge is 0.0562 e. The summed E-state index contributed by atoms with van der Waals surface area (Å²) in [5.41, 5.74) is 3.67. The third-order valence-corrected chi connectivity index (χ3v) is 3.18. The number of pyridine rings is 1. The van der Waals surface area contributed by atoms with E-state index >= 15 is 0 Å². The number of anilines is 1. The molecule has 0 atom stereocenters. The molecule has 2 rings (SSSR count). The Morgan fingerprint density at radius 3 is 2.68 bits per heavy atom. The number of aromatic nitrogens is 1. The lowest BCUT2D eigenvalue weighted by atomic mass is 10.1. The fraction of sp³-hybridized carbons (Fsp3) is 0.312. The van der Waals surface area contributed by atoms with Gasteiger partial charge in [-0.25, -0.2) is 0 Å². The minimum Gasteiger partial charge on any atom is -0.374 e. The number of hydrogen-bond acceptors (Lipinski definition) is 3. The largest absolute Gasteiger partial charge is 0.374 e. The molecule has 19 heavy (non-hydrogen) atoms. The Morgan fingerprint density at radius 1 is 1.16 bits per heavy atom. The lowest BCUT2D eigenvalue weighted by molar-refractivity contribution is 0.788. The molecule has 1 N–H and O–H groups in total. The second-order valence-corrected chi connectivity index (χ2v) is 4.69. The molecule has 0 saturated heterocycles. The molecule has 0 amide bonds. The SMILES string of the molecule is CNCc1cc(N(C)CCc2ccccc2)ccn1. The second-order valence-electron chi connectivity index (χ2n) is 4.69. The van der Waals surface area contributed by atoms with Crippen molar-refractivity contribution < 1.29 is 0 Å². The summed E-state index contributed by atoms with van der Waals surface area (Å²) in [6.45, 7) is 1.81. The van der Waals surface area contributed by atoms with Crippen LogP contribution in [-0.2, 0) is 13.0 Å². The van der Waals surface area contributed by atoms with Gasteiger partial charge < -0.3 is 10.2 Å². The minimum absolute atomic E-state index is 0.806. The van der Waals surface area contributed by atoms with Gasteiger partial charge in [-0.2, -0.15) is 0 Å². The quantitative estimate of drug-likeness (QED) is 0.859. The van der Waals surface area contributed by atoms with Gasteiger partial charge in [-0.15, -0.1) is 0 Å². The molecule has 0 aliphatic rings. The van der Waals surface area contributed by atoms with Crippen LogP contribution in [0, 0.1) is 0 Å². The fourth-order valence-electron chi connectivity index (χ4n) is 2.05. The van der Waals surface area contributed by atoms with Gasteiger partial charge in [0.25, 0.3) is 0 Å².